The molecule has 0 bridgehead atoms. The number of nitrogens with two attached hydrogens (primary N) is 1. The first-order valence-electron chi connectivity index (χ1n) is 11.9. The molecule has 0 aliphatic carbocycles. The number of likely N-dealkylation sites (N-methyl/N-ethyl adjacent to an activating group) is 1. The van der Waals surface area contributed by atoms with Crippen LogP contribution in [-0.4, -0.2) is 44.0 Å². The zero-order valence-corrected chi connectivity index (χ0v) is 23.1. The Morgan fingerprint density at radius 2 is 1.95 bits per heavy atom. The Kier molecular flexibility index (Phi) is 7.44. The van der Waals surface area contributed by atoms with E-state index >= 15 is 0 Å². The van der Waals surface area contributed by atoms with E-state index in [0.29, 0.717) is 22.7 Å². The van der Waals surface area contributed by atoms with E-state index in [0.717, 1.165) is 20.8 Å². The number of ether oxygens (including phenoxy) is 1. The van der Waals surface area contributed by atoms with E-state index in [1.807, 2.05) is 30.3 Å². The lowest BCUT2D eigenvalue weighted by molar-refractivity contribution is -0.133. The third-order valence-electron chi connectivity index (χ3n) is 7.34. The molecular weight excluding hydrogens is 550 g/mol. The fourth-order valence-electron chi connectivity index (χ4n) is 4.94. The predicted octanol–water partition coefficient (Wildman–Crippen LogP) is 3.46. The highest BCUT2D eigenvalue weighted by Crippen LogP contribution is 2.41. The van der Waals surface area contributed by atoms with E-state index in [4.69, 9.17) is 10.5 Å². The molecule has 0 fully saturated rings. The molecule has 3 N–H and O–H groups in total. The summed E-state index contributed by atoms with van der Waals surface area (Å²) in [6.07, 6.45) is 0. The van der Waals surface area contributed by atoms with Crippen LogP contribution in [0.5, 0.6) is 5.75 Å². The molecule has 3 aromatic rings. The molecule has 10 heteroatoms. The van der Waals surface area contributed by atoms with Crippen molar-refractivity contribution in [3.05, 3.63) is 64.1 Å². The topological polar surface area (TPSA) is 129 Å². The van der Waals surface area contributed by atoms with Crippen LogP contribution in [0.15, 0.2) is 53.0 Å². The average Bonchev–Trinajstić information content (AvgIpc) is 3.02. The molecule has 4 rings (SSSR count). The molecule has 0 saturated heterocycles. The summed E-state index contributed by atoms with van der Waals surface area (Å²) >= 11 is 3.60. The van der Waals surface area contributed by atoms with Crippen LogP contribution >= 0.6 is 15.9 Å². The monoisotopic (exact) mass is 577 g/mol. The second-order valence-corrected chi connectivity index (χ2v) is 10.2. The number of methoxy groups -OCH3 is 1. The summed E-state index contributed by atoms with van der Waals surface area (Å²) in [6.45, 7) is 2.91. The number of fused-ring (bicyclic) bond motifs is 2. The third kappa shape index (κ3) is 4.48. The number of carbonyl (C=O) groups is 3. The highest BCUT2D eigenvalue weighted by atomic mass is 79.9. The number of nitriles is 1. The summed E-state index contributed by atoms with van der Waals surface area (Å²) in [4.78, 5) is 42.9. The van der Waals surface area contributed by atoms with Gasteiger partial charge in [-0.05, 0) is 61.1 Å². The van der Waals surface area contributed by atoms with Gasteiger partial charge in [-0.1, -0.05) is 28.1 Å². The molecule has 1 heterocycles. The van der Waals surface area contributed by atoms with Crippen molar-refractivity contribution in [2.24, 2.45) is 11.7 Å². The number of amides is 3. The zero-order valence-electron chi connectivity index (χ0n) is 21.5. The number of primary amides is 1. The Hall–Kier alpha value is -3.94. The largest absolute Gasteiger partial charge is 0.496 e. The smallest absolute Gasteiger partial charge is 0.238 e. The Labute approximate surface area is 229 Å². The van der Waals surface area contributed by atoms with Gasteiger partial charge in [-0.15, -0.1) is 0 Å². The normalized spacial score (nSPS) is 16.8. The molecule has 0 radical (unpaired) electrons. The van der Waals surface area contributed by atoms with Gasteiger partial charge in [-0.3, -0.25) is 14.4 Å². The van der Waals surface area contributed by atoms with Gasteiger partial charge in [0.1, 0.15) is 11.3 Å². The minimum Gasteiger partial charge on any atom is -0.496 e. The van der Waals surface area contributed by atoms with Gasteiger partial charge in [-0.2, -0.15) is 5.26 Å². The van der Waals surface area contributed by atoms with Crippen molar-refractivity contribution >= 4 is 55.8 Å². The van der Waals surface area contributed by atoms with Crippen LogP contribution in [-0.2, 0) is 20.9 Å². The first-order chi connectivity index (χ1) is 18.1. The highest BCUT2D eigenvalue weighted by Gasteiger charge is 2.48. The number of halogens is 1. The van der Waals surface area contributed by atoms with Gasteiger partial charge in [0.2, 0.25) is 17.7 Å². The summed E-state index contributed by atoms with van der Waals surface area (Å²) in [7, 11) is 3.11. The number of nitrogens with one attached hydrogen (secondary N) is 1. The number of benzene rings is 3. The van der Waals surface area contributed by atoms with Crippen LogP contribution in [0.3, 0.4) is 0 Å². The molecule has 2 atom stereocenters. The molecule has 3 amide bonds. The minimum absolute atomic E-state index is 0.0789. The lowest BCUT2D eigenvalue weighted by atomic mass is 9.83. The molecule has 1 unspecified atom stereocenters. The first-order valence-corrected chi connectivity index (χ1v) is 12.7. The summed E-state index contributed by atoms with van der Waals surface area (Å²) in [5.41, 5.74) is 6.24. The molecule has 9 nitrogen and oxygen atoms in total. The van der Waals surface area contributed by atoms with Gasteiger partial charge >= 0.3 is 0 Å². The molecule has 0 aromatic heterocycles. The summed E-state index contributed by atoms with van der Waals surface area (Å²) in [5, 5.41) is 14.3. The second kappa shape index (κ2) is 10.4. The van der Waals surface area contributed by atoms with Crippen molar-refractivity contribution in [1.29, 1.82) is 5.26 Å². The van der Waals surface area contributed by atoms with Crippen LogP contribution in [0.25, 0.3) is 10.8 Å². The second-order valence-electron chi connectivity index (χ2n) is 9.32. The summed E-state index contributed by atoms with van der Waals surface area (Å²) in [6, 6.07) is 16.5. The molecule has 38 heavy (non-hydrogen) atoms. The van der Waals surface area contributed by atoms with Crippen LogP contribution in [0.4, 0.5) is 11.4 Å². The maximum absolute atomic E-state index is 14.4. The van der Waals surface area contributed by atoms with Crippen molar-refractivity contribution in [3.8, 4) is 11.8 Å². The Bertz CT molecular complexity index is 1500. The van der Waals surface area contributed by atoms with Crippen molar-refractivity contribution in [2.45, 2.75) is 25.9 Å². The van der Waals surface area contributed by atoms with Crippen LogP contribution in [0.2, 0.25) is 0 Å². The molecule has 3 aromatic carbocycles. The zero-order chi connectivity index (χ0) is 27.8. The fraction of sp³-hybridized carbons (Fsp3) is 0.286. The number of rotatable bonds is 6. The highest BCUT2D eigenvalue weighted by molar-refractivity contribution is 9.10. The van der Waals surface area contributed by atoms with Gasteiger partial charge in [0.15, 0.2) is 0 Å². The maximum atomic E-state index is 14.4. The maximum Gasteiger partial charge on any atom is 0.238 e. The summed E-state index contributed by atoms with van der Waals surface area (Å²) < 4.78 is 6.58. The number of anilines is 2. The third-order valence-corrected chi connectivity index (χ3v) is 8.03. The van der Waals surface area contributed by atoms with Gasteiger partial charge in [0.05, 0.1) is 42.6 Å². The van der Waals surface area contributed by atoms with Crippen molar-refractivity contribution in [3.63, 3.8) is 0 Å². The first kappa shape index (κ1) is 27.1. The molecule has 1 aliphatic rings. The van der Waals surface area contributed by atoms with Gasteiger partial charge in [0.25, 0.3) is 0 Å². The average molecular weight is 578 g/mol. The Balaban J connectivity index is 2.00. The molecule has 1 aliphatic heterocycles. The van der Waals surface area contributed by atoms with E-state index in [2.05, 4.69) is 27.3 Å². The Morgan fingerprint density at radius 1 is 1.21 bits per heavy atom. The van der Waals surface area contributed by atoms with Gasteiger partial charge in [-0.25, -0.2) is 0 Å². The van der Waals surface area contributed by atoms with E-state index in [1.165, 1.54) is 11.8 Å². The molecule has 196 valence electrons. The van der Waals surface area contributed by atoms with Crippen molar-refractivity contribution in [2.75, 3.05) is 30.5 Å². The van der Waals surface area contributed by atoms with Crippen LogP contribution in [0, 0.1) is 17.2 Å². The molecular formula is C28H28BrN5O4. The predicted molar refractivity (Wildman–Crippen MR) is 149 cm³/mol. The lowest BCUT2D eigenvalue weighted by Gasteiger charge is -2.36. The number of nitrogens with zero attached hydrogens (tertiary/aromatic N) is 3. The van der Waals surface area contributed by atoms with E-state index in [1.54, 1.807) is 44.2 Å². The number of carbonyl (C=O) groups excluding carboxylic acids is 3. The van der Waals surface area contributed by atoms with Crippen LogP contribution in [0.1, 0.15) is 25.0 Å². The Morgan fingerprint density at radius 3 is 2.55 bits per heavy atom. The number of hydrogen-bond acceptors (Lipinski definition) is 6. The number of hydrogen-bond donors (Lipinski definition) is 2. The standard InChI is InChI=1S/C28H28BrN5O4/c1-16(35)33-15-21(28(2,32-3)27(31)37)26(36)34(23-10-8-17(13-30)12-24(23)33)14-20-18-6-5-7-22(29)19(18)9-11-25(20)38-4/h5-12,21,32H,14-15H2,1-4H3,(H2,31,37)/t21-,28?/m1/s1. The van der Waals surface area contributed by atoms with E-state index in [-0.39, 0.29) is 19.0 Å². The summed E-state index contributed by atoms with van der Waals surface area (Å²) in [5.74, 6) is -1.91. The van der Waals surface area contributed by atoms with Gasteiger partial charge < -0.3 is 25.6 Å². The quantitative estimate of drug-likeness (QED) is 0.461. The SMILES string of the molecule is CNC(C)(C(N)=O)[C@@H]1CN(C(C)=O)c2cc(C#N)ccc2N(Cc2c(OC)ccc3c(Br)cccc23)C1=O. The van der Waals surface area contributed by atoms with Crippen molar-refractivity contribution < 1.29 is 19.1 Å². The van der Waals surface area contributed by atoms with Crippen LogP contribution < -0.4 is 25.6 Å². The molecule has 0 spiro atoms. The lowest BCUT2D eigenvalue weighted by Crippen LogP contribution is -2.63. The van der Waals surface area contributed by atoms with Gasteiger partial charge in [0, 0.05) is 23.5 Å². The van der Waals surface area contributed by atoms with Crippen molar-refractivity contribution in [1.82, 2.24) is 5.32 Å². The minimum atomic E-state index is -1.46. The van der Waals surface area contributed by atoms with E-state index in [9.17, 15) is 19.6 Å². The fourth-order valence-corrected chi connectivity index (χ4v) is 5.44. The molecule has 0 saturated carbocycles. The van der Waals surface area contributed by atoms with E-state index < -0.39 is 23.3 Å².